The van der Waals surface area contributed by atoms with Crippen molar-refractivity contribution in [3.8, 4) is 0 Å². The Kier molecular flexibility index (Phi) is 3.87. The fourth-order valence-corrected chi connectivity index (χ4v) is 2.62. The third kappa shape index (κ3) is 2.93. The van der Waals surface area contributed by atoms with E-state index in [1.54, 1.807) is 6.20 Å². The van der Waals surface area contributed by atoms with Crippen molar-refractivity contribution in [3.05, 3.63) is 46.6 Å². The maximum absolute atomic E-state index is 4.49. The summed E-state index contributed by atoms with van der Waals surface area (Å²) in [5.74, 6) is 2.11. The van der Waals surface area contributed by atoms with Gasteiger partial charge >= 0.3 is 0 Å². The van der Waals surface area contributed by atoms with Crippen LogP contribution in [-0.2, 0) is 0 Å². The van der Waals surface area contributed by atoms with Crippen LogP contribution in [0.5, 0.6) is 0 Å². The molecule has 2 unspecified atom stereocenters. The fourth-order valence-electron chi connectivity index (χ4n) is 2.31. The van der Waals surface area contributed by atoms with Crippen molar-refractivity contribution in [3.63, 3.8) is 0 Å². The molecule has 2 N–H and O–H groups in total. The Hall–Kier alpha value is -1.62. The Morgan fingerprint density at radius 1 is 1.30 bits per heavy atom. The van der Waals surface area contributed by atoms with Gasteiger partial charge in [0.05, 0.1) is 4.47 Å². The SMILES string of the molecule is CCNc1ncc(Br)c(NC2CC2c2ccccc2)n1. The first kappa shape index (κ1) is 13.4. The molecule has 1 aromatic heterocycles. The summed E-state index contributed by atoms with van der Waals surface area (Å²) in [6.07, 6.45) is 2.93. The van der Waals surface area contributed by atoms with Gasteiger partial charge in [0.15, 0.2) is 0 Å². The molecule has 2 aromatic rings. The van der Waals surface area contributed by atoms with E-state index in [4.69, 9.17) is 0 Å². The first-order valence-corrected chi connectivity index (χ1v) is 7.65. The smallest absolute Gasteiger partial charge is 0.224 e. The van der Waals surface area contributed by atoms with Gasteiger partial charge in [0.25, 0.3) is 0 Å². The number of halogens is 1. The van der Waals surface area contributed by atoms with E-state index in [0.717, 1.165) is 23.3 Å². The summed E-state index contributed by atoms with van der Waals surface area (Å²) in [6, 6.07) is 11.1. The van der Waals surface area contributed by atoms with Gasteiger partial charge in [-0.25, -0.2) is 4.98 Å². The summed E-state index contributed by atoms with van der Waals surface area (Å²) >= 11 is 3.50. The Labute approximate surface area is 127 Å². The van der Waals surface area contributed by atoms with Crippen LogP contribution in [0.15, 0.2) is 41.0 Å². The largest absolute Gasteiger partial charge is 0.366 e. The molecule has 3 rings (SSSR count). The number of aromatic nitrogens is 2. The molecule has 0 saturated heterocycles. The van der Waals surface area contributed by atoms with Gasteiger partial charge in [0.2, 0.25) is 5.95 Å². The lowest BCUT2D eigenvalue weighted by Crippen LogP contribution is -2.09. The fraction of sp³-hybridized carbons (Fsp3) is 0.333. The molecule has 0 aliphatic heterocycles. The topological polar surface area (TPSA) is 49.8 Å². The average Bonchev–Trinajstić information content (AvgIpc) is 3.23. The number of benzene rings is 1. The van der Waals surface area contributed by atoms with Crippen molar-refractivity contribution in [1.82, 2.24) is 9.97 Å². The molecule has 1 heterocycles. The number of rotatable bonds is 5. The lowest BCUT2D eigenvalue weighted by molar-refractivity contribution is 1.01. The molecule has 4 nitrogen and oxygen atoms in total. The van der Waals surface area contributed by atoms with Crippen LogP contribution in [0.25, 0.3) is 0 Å². The minimum atomic E-state index is 0.457. The molecule has 0 spiro atoms. The second-order valence-corrected chi connectivity index (χ2v) is 5.78. The van der Waals surface area contributed by atoms with Crippen LogP contribution in [0, 0.1) is 0 Å². The molecule has 0 amide bonds. The molecule has 1 aromatic carbocycles. The van der Waals surface area contributed by atoms with Crippen LogP contribution in [0.1, 0.15) is 24.8 Å². The Morgan fingerprint density at radius 2 is 2.10 bits per heavy atom. The molecule has 20 heavy (non-hydrogen) atoms. The lowest BCUT2D eigenvalue weighted by Gasteiger charge is -2.09. The van der Waals surface area contributed by atoms with E-state index < -0.39 is 0 Å². The summed E-state index contributed by atoms with van der Waals surface area (Å²) in [5.41, 5.74) is 1.39. The zero-order valence-corrected chi connectivity index (χ0v) is 12.9. The van der Waals surface area contributed by atoms with Gasteiger partial charge in [0, 0.05) is 24.7 Å². The van der Waals surface area contributed by atoms with Gasteiger partial charge < -0.3 is 10.6 Å². The minimum Gasteiger partial charge on any atom is -0.366 e. The molecule has 0 radical (unpaired) electrons. The molecule has 104 valence electrons. The molecular formula is C15H17BrN4. The first-order valence-electron chi connectivity index (χ1n) is 6.86. The molecule has 2 atom stereocenters. The zero-order chi connectivity index (χ0) is 13.9. The van der Waals surface area contributed by atoms with Gasteiger partial charge in [0.1, 0.15) is 5.82 Å². The second-order valence-electron chi connectivity index (χ2n) is 4.92. The van der Waals surface area contributed by atoms with Crippen LogP contribution in [0.3, 0.4) is 0 Å². The highest BCUT2D eigenvalue weighted by atomic mass is 79.9. The molecule has 1 fully saturated rings. The molecule has 1 aliphatic carbocycles. The Bertz CT molecular complexity index is 588. The van der Waals surface area contributed by atoms with Gasteiger partial charge in [-0.3, -0.25) is 0 Å². The Morgan fingerprint density at radius 3 is 2.85 bits per heavy atom. The number of hydrogen-bond donors (Lipinski definition) is 2. The highest BCUT2D eigenvalue weighted by Gasteiger charge is 2.38. The monoisotopic (exact) mass is 332 g/mol. The molecule has 0 bridgehead atoms. The summed E-state index contributed by atoms with van der Waals surface area (Å²) in [6.45, 7) is 2.85. The highest BCUT2D eigenvalue weighted by molar-refractivity contribution is 9.10. The number of nitrogens with zero attached hydrogens (tertiary/aromatic N) is 2. The minimum absolute atomic E-state index is 0.457. The van der Waals surface area contributed by atoms with Crippen molar-refractivity contribution in [1.29, 1.82) is 0 Å². The van der Waals surface area contributed by atoms with Gasteiger partial charge in [-0.15, -0.1) is 0 Å². The third-order valence-electron chi connectivity index (χ3n) is 3.42. The maximum atomic E-state index is 4.49. The van der Waals surface area contributed by atoms with Crippen molar-refractivity contribution in [2.24, 2.45) is 0 Å². The van der Waals surface area contributed by atoms with Crippen molar-refractivity contribution >= 4 is 27.7 Å². The predicted molar refractivity (Wildman–Crippen MR) is 85.1 cm³/mol. The predicted octanol–water partition coefficient (Wildman–Crippen LogP) is 3.64. The van der Waals surface area contributed by atoms with E-state index in [1.165, 1.54) is 5.56 Å². The van der Waals surface area contributed by atoms with Crippen molar-refractivity contribution in [2.45, 2.75) is 25.3 Å². The van der Waals surface area contributed by atoms with E-state index >= 15 is 0 Å². The number of nitrogens with one attached hydrogen (secondary N) is 2. The second kappa shape index (κ2) is 5.79. The molecule has 1 saturated carbocycles. The van der Waals surface area contributed by atoms with Crippen LogP contribution in [0.4, 0.5) is 11.8 Å². The number of hydrogen-bond acceptors (Lipinski definition) is 4. The van der Waals surface area contributed by atoms with Crippen LogP contribution in [-0.4, -0.2) is 22.6 Å². The standard InChI is InChI=1S/C15H17BrN4/c1-2-17-15-18-9-12(16)14(20-15)19-13-8-11(13)10-6-4-3-5-7-10/h3-7,9,11,13H,2,8H2,1H3,(H2,17,18,19,20). The average molecular weight is 333 g/mol. The zero-order valence-electron chi connectivity index (χ0n) is 11.3. The molecule has 1 aliphatic rings. The van der Waals surface area contributed by atoms with Gasteiger partial charge in [-0.2, -0.15) is 4.98 Å². The van der Waals surface area contributed by atoms with Crippen molar-refractivity contribution < 1.29 is 0 Å². The quantitative estimate of drug-likeness (QED) is 0.877. The summed E-state index contributed by atoms with van der Waals surface area (Å²) in [5, 5.41) is 6.62. The normalized spacial score (nSPS) is 20.5. The number of anilines is 2. The summed E-state index contributed by atoms with van der Waals surface area (Å²) in [4.78, 5) is 8.71. The lowest BCUT2D eigenvalue weighted by atomic mass is 10.1. The van der Waals surface area contributed by atoms with E-state index in [0.29, 0.717) is 17.9 Å². The van der Waals surface area contributed by atoms with Crippen molar-refractivity contribution in [2.75, 3.05) is 17.2 Å². The Balaban J connectivity index is 1.69. The van der Waals surface area contributed by atoms with Crippen LogP contribution < -0.4 is 10.6 Å². The van der Waals surface area contributed by atoms with E-state index in [1.807, 2.05) is 6.92 Å². The van der Waals surface area contributed by atoms with Crippen LogP contribution in [0.2, 0.25) is 0 Å². The van der Waals surface area contributed by atoms with E-state index in [2.05, 4.69) is 66.9 Å². The summed E-state index contributed by atoms with van der Waals surface area (Å²) in [7, 11) is 0. The first-order chi connectivity index (χ1) is 9.78. The van der Waals surface area contributed by atoms with Gasteiger partial charge in [-0.1, -0.05) is 30.3 Å². The van der Waals surface area contributed by atoms with E-state index in [-0.39, 0.29) is 0 Å². The maximum Gasteiger partial charge on any atom is 0.224 e. The third-order valence-corrected chi connectivity index (χ3v) is 4.00. The summed E-state index contributed by atoms with van der Waals surface area (Å²) < 4.78 is 0.901. The molecular weight excluding hydrogens is 316 g/mol. The molecule has 5 heteroatoms. The van der Waals surface area contributed by atoms with Crippen LogP contribution >= 0.6 is 15.9 Å². The van der Waals surface area contributed by atoms with E-state index in [9.17, 15) is 0 Å². The van der Waals surface area contributed by atoms with Gasteiger partial charge in [-0.05, 0) is 34.8 Å². The highest BCUT2D eigenvalue weighted by Crippen LogP contribution is 2.43.